The Labute approximate surface area is 118 Å². The zero-order chi connectivity index (χ0) is 14.7. The second-order valence-corrected chi connectivity index (χ2v) is 6.38. The molecule has 0 N–H and O–H groups in total. The van der Waals surface area contributed by atoms with Crippen LogP contribution in [0.2, 0.25) is 0 Å². The van der Waals surface area contributed by atoms with Gasteiger partial charge in [0.05, 0.1) is 5.39 Å². The van der Waals surface area contributed by atoms with E-state index in [-0.39, 0.29) is 11.2 Å². The highest BCUT2D eigenvalue weighted by atomic mass is 16.5. The van der Waals surface area contributed by atoms with Crippen molar-refractivity contribution in [3.8, 4) is 5.75 Å². The molecule has 1 aromatic heterocycles. The monoisotopic (exact) mass is 272 g/mol. The van der Waals surface area contributed by atoms with Crippen molar-refractivity contribution < 1.29 is 9.15 Å². The molecule has 3 heteroatoms. The number of rotatable bonds is 0. The van der Waals surface area contributed by atoms with E-state index < -0.39 is 0 Å². The van der Waals surface area contributed by atoms with Crippen LogP contribution < -0.4 is 10.4 Å². The third-order valence-corrected chi connectivity index (χ3v) is 4.37. The molecule has 0 fully saturated rings. The minimum atomic E-state index is -0.260. The average Bonchev–Trinajstić information content (AvgIpc) is 2.34. The first kappa shape index (κ1) is 13.2. The smallest absolute Gasteiger partial charge is 0.339 e. The van der Waals surface area contributed by atoms with Crippen molar-refractivity contribution in [2.75, 3.05) is 0 Å². The maximum atomic E-state index is 11.9. The second kappa shape index (κ2) is 4.11. The minimum Gasteiger partial charge on any atom is -0.487 e. The maximum absolute atomic E-state index is 11.9. The van der Waals surface area contributed by atoms with E-state index in [9.17, 15) is 4.79 Å². The third kappa shape index (κ3) is 1.84. The summed E-state index contributed by atoms with van der Waals surface area (Å²) in [5.41, 5.74) is 4.20. The van der Waals surface area contributed by atoms with E-state index in [4.69, 9.17) is 9.15 Å². The predicted octanol–water partition coefficient (Wildman–Crippen LogP) is 3.82. The van der Waals surface area contributed by atoms with Gasteiger partial charge in [-0.25, -0.2) is 4.79 Å². The average molecular weight is 272 g/mol. The highest BCUT2D eigenvalue weighted by molar-refractivity contribution is 5.90. The van der Waals surface area contributed by atoms with Crippen molar-refractivity contribution in [2.24, 2.45) is 0 Å². The molecule has 106 valence electrons. The highest BCUT2D eigenvalue weighted by Gasteiger charge is 2.30. The fourth-order valence-corrected chi connectivity index (χ4v) is 2.93. The molecule has 3 rings (SSSR count). The van der Waals surface area contributed by atoms with Crippen LogP contribution in [-0.4, -0.2) is 5.60 Å². The molecule has 2 heterocycles. The van der Waals surface area contributed by atoms with E-state index in [1.807, 2.05) is 13.0 Å². The lowest BCUT2D eigenvalue weighted by Crippen LogP contribution is -2.33. The summed E-state index contributed by atoms with van der Waals surface area (Å²) >= 11 is 0. The van der Waals surface area contributed by atoms with Crippen LogP contribution in [0.3, 0.4) is 0 Å². The van der Waals surface area contributed by atoms with Crippen LogP contribution >= 0.6 is 0 Å². The molecule has 0 saturated carbocycles. The van der Waals surface area contributed by atoms with Crippen molar-refractivity contribution in [1.82, 2.24) is 0 Å². The number of hydrogen-bond acceptors (Lipinski definition) is 3. The normalized spacial score (nSPS) is 16.9. The van der Waals surface area contributed by atoms with Gasteiger partial charge in [0, 0.05) is 5.56 Å². The van der Waals surface area contributed by atoms with Crippen molar-refractivity contribution in [1.29, 1.82) is 0 Å². The van der Waals surface area contributed by atoms with Gasteiger partial charge < -0.3 is 9.15 Å². The molecule has 1 aliphatic rings. The van der Waals surface area contributed by atoms with E-state index in [0.717, 1.165) is 35.1 Å². The van der Waals surface area contributed by atoms with Crippen molar-refractivity contribution in [2.45, 2.75) is 53.1 Å². The van der Waals surface area contributed by atoms with Crippen LogP contribution in [0.1, 0.15) is 42.5 Å². The molecule has 2 aromatic rings. The molecule has 0 spiro atoms. The highest BCUT2D eigenvalue weighted by Crippen LogP contribution is 2.41. The van der Waals surface area contributed by atoms with Crippen LogP contribution in [0.15, 0.2) is 15.3 Å². The Balaban J connectivity index is 2.44. The Kier molecular flexibility index (Phi) is 2.72. The van der Waals surface area contributed by atoms with Gasteiger partial charge in [-0.2, -0.15) is 0 Å². The Morgan fingerprint density at radius 1 is 1.15 bits per heavy atom. The summed E-state index contributed by atoms with van der Waals surface area (Å²) in [6, 6.07) is 1.96. The summed E-state index contributed by atoms with van der Waals surface area (Å²) < 4.78 is 11.7. The summed E-state index contributed by atoms with van der Waals surface area (Å²) in [6.07, 6.45) is 2.00. The first-order chi connectivity index (χ1) is 9.30. The van der Waals surface area contributed by atoms with E-state index >= 15 is 0 Å². The van der Waals surface area contributed by atoms with Gasteiger partial charge in [-0.05, 0) is 70.2 Å². The summed E-state index contributed by atoms with van der Waals surface area (Å²) in [6.45, 7) is 10.0. The number of benzene rings is 1. The van der Waals surface area contributed by atoms with Crippen LogP contribution in [0.25, 0.3) is 11.0 Å². The topological polar surface area (TPSA) is 39.4 Å². The molecule has 0 saturated heterocycles. The molecule has 1 aromatic carbocycles. The second-order valence-electron chi connectivity index (χ2n) is 6.38. The molecule has 20 heavy (non-hydrogen) atoms. The van der Waals surface area contributed by atoms with Gasteiger partial charge in [-0.1, -0.05) is 0 Å². The Morgan fingerprint density at radius 2 is 1.85 bits per heavy atom. The summed E-state index contributed by atoms with van der Waals surface area (Å²) in [7, 11) is 0. The van der Waals surface area contributed by atoms with Crippen molar-refractivity contribution >= 4 is 11.0 Å². The molecule has 0 bridgehead atoms. The first-order valence-corrected chi connectivity index (χ1v) is 7.06. The fraction of sp³-hybridized carbons (Fsp3) is 0.471. The molecule has 3 nitrogen and oxygen atoms in total. The quantitative estimate of drug-likeness (QED) is 0.684. The number of ether oxygens (including phenoxy) is 1. The number of aryl methyl sites for hydroxylation is 2. The number of hydrogen-bond donors (Lipinski definition) is 0. The standard InChI is InChI=1S/C17H20O3/c1-9-8-13-14(10(2)11(3)16(18)19-13)15-12(9)6-7-17(4,5)20-15/h8H,6-7H2,1-5H3. The van der Waals surface area contributed by atoms with Crippen LogP contribution in [0.4, 0.5) is 0 Å². The fourth-order valence-electron chi connectivity index (χ4n) is 2.93. The largest absolute Gasteiger partial charge is 0.487 e. The minimum absolute atomic E-state index is 0.176. The zero-order valence-corrected chi connectivity index (χ0v) is 12.7. The molecule has 0 amide bonds. The Bertz CT molecular complexity index is 766. The SMILES string of the molecule is Cc1cc2oc(=O)c(C)c(C)c2c2c1CCC(C)(C)O2. The molecule has 1 aliphatic heterocycles. The summed E-state index contributed by atoms with van der Waals surface area (Å²) in [5.74, 6) is 0.903. The van der Waals surface area contributed by atoms with Crippen LogP contribution in [0.5, 0.6) is 5.75 Å². The zero-order valence-electron chi connectivity index (χ0n) is 12.7. The van der Waals surface area contributed by atoms with Gasteiger partial charge in [0.1, 0.15) is 16.9 Å². The van der Waals surface area contributed by atoms with Gasteiger partial charge >= 0.3 is 5.63 Å². The van der Waals surface area contributed by atoms with Crippen LogP contribution in [0, 0.1) is 20.8 Å². The van der Waals surface area contributed by atoms with Gasteiger partial charge in [-0.3, -0.25) is 0 Å². The van der Waals surface area contributed by atoms with Crippen LogP contribution in [-0.2, 0) is 6.42 Å². The van der Waals surface area contributed by atoms with Gasteiger partial charge in [-0.15, -0.1) is 0 Å². The maximum Gasteiger partial charge on any atom is 0.339 e. The number of fused-ring (bicyclic) bond motifs is 3. The van der Waals surface area contributed by atoms with Gasteiger partial charge in [0.15, 0.2) is 0 Å². The Morgan fingerprint density at radius 3 is 2.55 bits per heavy atom. The first-order valence-electron chi connectivity index (χ1n) is 7.06. The lowest BCUT2D eigenvalue weighted by molar-refractivity contribution is 0.0865. The van der Waals surface area contributed by atoms with Gasteiger partial charge in [0.2, 0.25) is 0 Å². The van der Waals surface area contributed by atoms with E-state index in [1.165, 1.54) is 5.56 Å². The lowest BCUT2D eigenvalue weighted by atomic mass is 9.89. The molecule has 0 atom stereocenters. The van der Waals surface area contributed by atoms with Crippen molar-refractivity contribution in [3.63, 3.8) is 0 Å². The van der Waals surface area contributed by atoms with E-state index in [0.29, 0.717) is 11.1 Å². The van der Waals surface area contributed by atoms with E-state index in [2.05, 4.69) is 20.8 Å². The third-order valence-electron chi connectivity index (χ3n) is 4.37. The molecule has 0 aliphatic carbocycles. The summed E-state index contributed by atoms with van der Waals surface area (Å²) in [5, 5.41) is 0.954. The predicted molar refractivity (Wildman–Crippen MR) is 79.7 cm³/mol. The molecular weight excluding hydrogens is 252 g/mol. The summed E-state index contributed by atoms with van der Waals surface area (Å²) in [4.78, 5) is 11.9. The molecular formula is C17H20O3. The molecule has 0 radical (unpaired) electrons. The molecule has 0 unspecified atom stereocenters. The lowest BCUT2D eigenvalue weighted by Gasteiger charge is -2.34. The van der Waals surface area contributed by atoms with Crippen molar-refractivity contribution in [3.05, 3.63) is 38.7 Å². The van der Waals surface area contributed by atoms with E-state index in [1.54, 1.807) is 6.92 Å². The van der Waals surface area contributed by atoms with Gasteiger partial charge in [0.25, 0.3) is 0 Å². The Hall–Kier alpha value is -1.77.